The van der Waals surface area contributed by atoms with Crippen LogP contribution in [0.3, 0.4) is 0 Å². The van der Waals surface area contributed by atoms with Crippen LogP contribution in [0.2, 0.25) is 0 Å². The monoisotopic (exact) mass is 353 g/mol. The molecule has 0 spiro atoms. The summed E-state index contributed by atoms with van der Waals surface area (Å²) in [6, 6.07) is 0.205. The summed E-state index contributed by atoms with van der Waals surface area (Å²) in [5.74, 6) is 1.97. The average Bonchev–Trinajstić information content (AvgIpc) is 2.88. The smallest absolute Gasteiger partial charge is 0.225 e. The average molecular weight is 354 g/mol. The van der Waals surface area contributed by atoms with Crippen LogP contribution in [0.1, 0.15) is 26.2 Å². The summed E-state index contributed by atoms with van der Waals surface area (Å²) in [7, 11) is 0. The molecule has 6 nitrogen and oxygen atoms in total. The first-order chi connectivity index (χ1) is 10.2. The molecule has 1 aromatic rings. The third kappa shape index (κ3) is 2.71. The molecular formula is C14H20BrN5O. The van der Waals surface area contributed by atoms with Crippen LogP contribution in [0.15, 0.2) is 10.8 Å². The van der Waals surface area contributed by atoms with Gasteiger partial charge >= 0.3 is 0 Å². The Morgan fingerprint density at radius 1 is 1.52 bits per heavy atom. The van der Waals surface area contributed by atoms with E-state index in [1.807, 2.05) is 0 Å². The number of hydrogen-bond donors (Lipinski definition) is 2. The van der Waals surface area contributed by atoms with Crippen LogP contribution >= 0.6 is 15.9 Å². The number of amides is 1. The van der Waals surface area contributed by atoms with Crippen LogP contribution in [-0.4, -0.2) is 41.6 Å². The molecule has 2 saturated heterocycles. The van der Waals surface area contributed by atoms with Gasteiger partial charge in [-0.05, 0) is 35.2 Å². The van der Waals surface area contributed by atoms with E-state index in [2.05, 4.69) is 48.4 Å². The summed E-state index contributed by atoms with van der Waals surface area (Å²) in [5.41, 5.74) is 0. The number of fused-ring (bicyclic) bond motifs is 1. The normalized spacial score (nSPS) is 24.7. The highest BCUT2D eigenvalue weighted by Gasteiger charge is 2.41. The fourth-order valence-electron chi connectivity index (χ4n) is 3.14. The van der Waals surface area contributed by atoms with Gasteiger partial charge in [-0.1, -0.05) is 6.92 Å². The second kappa shape index (κ2) is 6.17. The number of halogens is 1. The van der Waals surface area contributed by atoms with Crippen molar-refractivity contribution in [1.82, 2.24) is 15.3 Å². The van der Waals surface area contributed by atoms with E-state index in [0.717, 1.165) is 48.5 Å². The van der Waals surface area contributed by atoms with Crippen molar-refractivity contribution in [2.75, 3.05) is 29.9 Å². The Bertz CT molecular complexity index is 538. The molecule has 1 aromatic heterocycles. The number of anilines is 2. The molecule has 2 atom stereocenters. The van der Waals surface area contributed by atoms with Crippen molar-refractivity contribution in [3.05, 3.63) is 10.8 Å². The number of piperidine rings is 1. The molecule has 0 aromatic carbocycles. The molecule has 2 aliphatic heterocycles. The van der Waals surface area contributed by atoms with Crippen molar-refractivity contribution in [1.29, 1.82) is 0 Å². The molecule has 2 fully saturated rings. The Kier molecular flexibility index (Phi) is 4.28. The number of nitrogens with one attached hydrogen (secondary N) is 2. The van der Waals surface area contributed by atoms with Gasteiger partial charge in [0.05, 0.1) is 12.0 Å². The van der Waals surface area contributed by atoms with Crippen molar-refractivity contribution in [2.45, 2.75) is 32.2 Å². The lowest BCUT2D eigenvalue weighted by Crippen LogP contribution is -2.46. The van der Waals surface area contributed by atoms with E-state index in [4.69, 9.17) is 0 Å². The highest BCUT2D eigenvalue weighted by molar-refractivity contribution is 9.10. The van der Waals surface area contributed by atoms with Crippen molar-refractivity contribution in [3.63, 3.8) is 0 Å². The standard InChI is InChI=1S/C14H20BrN5O/c1-2-5-16-12-11(15)13(19-8-18-12)20-6-3-4-9-10(20)7-17-14(9)21/h8-10H,2-7H2,1H3,(H,17,21)(H,16,18,19). The predicted octanol–water partition coefficient (Wildman–Crippen LogP) is 1.78. The minimum Gasteiger partial charge on any atom is -0.369 e. The highest BCUT2D eigenvalue weighted by atomic mass is 79.9. The van der Waals surface area contributed by atoms with Crippen LogP contribution in [0, 0.1) is 5.92 Å². The molecule has 2 aliphatic rings. The fraction of sp³-hybridized carbons (Fsp3) is 0.643. The van der Waals surface area contributed by atoms with Crippen molar-refractivity contribution >= 4 is 33.5 Å². The largest absolute Gasteiger partial charge is 0.369 e. The molecule has 0 bridgehead atoms. The zero-order valence-corrected chi connectivity index (χ0v) is 13.7. The van der Waals surface area contributed by atoms with Gasteiger partial charge in [0.1, 0.15) is 22.4 Å². The number of carbonyl (C=O) groups excluding carboxylic acids is 1. The summed E-state index contributed by atoms with van der Waals surface area (Å²) in [6.45, 7) is 4.63. The number of hydrogen-bond acceptors (Lipinski definition) is 5. The zero-order valence-electron chi connectivity index (χ0n) is 12.1. The van der Waals surface area contributed by atoms with E-state index in [1.54, 1.807) is 6.33 Å². The van der Waals surface area contributed by atoms with Gasteiger partial charge in [0.2, 0.25) is 5.91 Å². The summed E-state index contributed by atoms with van der Waals surface area (Å²) < 4.78 is 0.887. The van der Waals surface area contributed by atoms with Gasteiger partial charge in [-0.2, -0.15) is 0 Å². The van der Waals surface area contributed by atoms with Crippen LogP contribution in [0.4, 0.5) is 11.6 Å². The maximum atomic E-state index is 11.9. The van der Waals surface area contributed by atoms with Gasteiger partial charge in [0.15, 0.2) is 0 Å². The van der Waals surface area contributed by atoms with Crippen LogP contribution in [0.5, 0.6) is 0 Å². The molecule has 21 heavy (non-hydrogen) atoms. The SMILES string of the molecule is CCCNc1ncnc(N2CCCC3C(=O)NCC32)c1Br. The third-order valence-corrected chi connectivity index (χ3v) is 4.92. The molecule has 3 rings (SSSR count). The van der Waals surface area contributed by atoms with Crippen molar-refractivity contribution in [2.24, 2.45) is 5.92 Å². The van der Waals surface area contributed by atoms with Crippen LogP contribution in [-0.2, 0) is 4.79 Å². The number of nitrogens with zero attached hydrogens (tertiary/aromatic N) is 3. The van der Waals surface area contributed by atoms with E-state index in [1.165, 1.54) is 0 Å². The van der Waals surface area contributed by atoms with E-state index < -0.39 is 0 Å². The number of carbonyl (C=O) groups is 1. The quantitative estimate of drug-likeness (QED) is 0.863. The molecule has 114 valence electrons. The Labute approximate surface area is 132 Å². The first kappa shape index (κ1) is 14.6. The molecule has 2 N–H and O–H groups in total. The predicted molar refractivity (Wildman–Crippen MR) is 85.4 cm³/mol. The first-order valence-electron chi connectivity index (χ1n) is 7.51. The van der Waals surface area contributed by atoms with Crippen LogP contribution in [0.25, 0.3) is 0 Å². The van der Waals surface area contributed by atoms with Crippen LogP contribution < -0.4 is 15.5 Å². The summed E-state index contributed by atoms with van der Waals surface area (Å²) in [6.07, 6.45) is 4.61. The van der Waals surface area contributed by atoms with E-state index in [0.29, 0.717) is 6.54 Å². The third-order valence-electron chi connectivity index (χ3n) is 4.19. The summed E-state index contributed by atoms with van der Waals surface area (Å²) in [5, 5.41) is 6.28. The van der Waals surface area contributed by atoms with E-state index in [9.17, 15) is 4.79 Å². The molecule has 0 radical (unpaired) electrons. The molecule has 3 heterocycles. The maximum Gasteiger partial charge on any atom is 0.225 e. The topological polar surface area (TPSA) is 70.2 Å². The molecule has 0 saturated carbocycles. The van der Waals surface area contributed by atoms with Gasteiger partial charge in [-0.3, -0.25) is 4.79 Å². The molecule has 2 unspecified atom stereocenters. The van der Waals surface area contributed by atoms with Gasteiger partial charge in [-0.25, -0.2) is 9.97 Å². The lowest BCUT2D eigenvalue weighted by Gasteiger charge is -2.37. The van der Waals surface area contributed by atoms with Gasteiger partial charge in [-0.15, -0.1) is 0 Å². The Morgan fingerprint density at radius 3 is 3.19 bits per heavy atom. The van der Waals surface area contributed by atoms with Gasteiger partial charge < -0.3 is 15.5 Å². The molecule has 1 amide bonds. The zero-order chi connectivity index (χ0) is 14.8. The Balaban J connectivity index is 1.87. The lowest BCUT2D eigenvalue weighted by atomic mass is 9.91. The highest BCUT2D eigenvalue weighted by Crippen LogP contribution is 2.36. The Morgan fingerprint density at radius 2 is 2.38 bits per heavy atom. The second-order valence-electron chi connectivity index (χ2n) is 5.54. The fourth-order valence-corrected chi connectivity index (χ4v) is 3.71. The molecule has 7 heteroatoms. The maximum absolute atomic E-state index is 11.9. The minimum absolute atomic E-state index is 0.0904. The molecular weight excluding hydrogens is 334 g/mol. The minimum atomic E-state index is 0.0904. The summed E-state index contributed by atoms with van der Waals surface area (Å²) >= 11 is 3.62. The Hall–Kier alpha value is -1.37. The van der Waals surface area contributed by atoms with Gasteiger partial charge in [0, 0.05) is 19.6 Å². The van der Waals surface area contributed by atoms with E-state index in [-0.39, 0.29) is 17.9 Å². The van der Waals surface area contributed by atoms with Crippen molar-refractivity contribution < 1.29 is 4.79 Å². The van der Waals surface area contributed by atoms with Gasteiger partial charge in [0.25, 0.3) is 0 Å². The number of aromatic nitrogens is 2. The molecule has 0 aliphatic carbocycles. The number of rotatable bonds is 4. The second-order valence-corrected chi connectivity index (χ2v) is 6.33. The lowest BCUT2D eigenvalue weighted by molar-refractivity contribution is -0.122. The first-order valence-corrected chi connectivity index (χ1v) is 8.30. The van der Waals surface area contributed by atoms with E-state index >= 15 is 0 Å². The van der Waals surface area contributed by atoms with Crippen molar-refractivity contribution in [3.8, 4) is 0 Å². The summed E-state index contributed by atoms with van der Waals surface area (Å²) in [4.78, 5) is 22.9.